The van der Waals surface area contributed by atoms with Gasteiger partial charge in [-0.3, -0.25) is 4.79 Å². The standard InChI is InChI=1S/C17H20N4O/c1-4-20(2)15-10-9-12(11-18-15)16-19-17(22)13-7-5-6-8-14(13)21(16)3/h5-11,16H,4H2,1-3H3,(H,19,22). The van der Waals surface area contributed by atoms with Gasteiger partial charge in [0.15, 0.2) is 0 Å². The van der Waals surface area contributed by atoms with Crippen molar-refractivity contribution in [1.29, 1.82) is 0 Å². The fourth-order valence-electron chi connectivity index (χ4n) is 2.67. The van der Waals surface area contributed by atoms with Crippen LogP contribution < -0.4 is 15.1 Å². The number of nitrogens with zero attached hydrogens (tertiary/aromatic N) is 3. The van der Waals surface area contributed by atoms with E-state index in [0.29, 0.717) is 5.56 Å². The number of fused-ring (bicyclic) bond motifs is 1. The minimum atomic E-state index is -0.198. The average Bonchev–Trinajstić information content (AvgIpc) is 2.57. The van der Waals surface area contributed by atoms with Gasteiger partial charge in [-0.05, 0) is 31.2 Å². The third-order valence-electron chi connectivity index (χ3n) is 4.14. The molecular formula is C17H20N4O. The van der Waals surface area contributed by atoms with E-state index in [1.165, 1.54) is 0 Å². The summed E-state index contributed by atoms with van der Waals surface area (Å²) in [6.07, 6.45) is 1.63. The molecule has 1 amide bonds. The topological polar surface area (TPSA) is 48.5 Å². The number of anilines is 2. The van der Waals surface area contributed by atoms with Crippen LogP contribution >= 0.6 is 0 Å². The molecule has 1 atom stereocenters. The van der Waals surface area contributed by atoms with Gasteiger partial charge in [-0.15, -0.1) is 0 Å². The minimum Gasteiger partial charge on any atom is -0.360 e. The van der Waals surface area contributed by atoms with Gasteiger partial charge in [-0.2, -0.15) is 0 Å². The Morgan fingerprint density at radius 2 is 2.05 bits per heavy atom. The van der Waals surface area contributed by atoms with E-state index in [1.54, 1.807) is 0 Å². The molecule has 0 aliphatic carbocycles. The molecular weight excluding hydrogens is 276 g/mol. The number of hydrogen-bond acceptors (Lipinski definition) is 4. The highest BCUT2D eigenvalue weighted by atomic mass is 16.2. The zero-order valence-electron chi connectivity index (χ0n) is 13.1. The van der Waals surface area contributed by atoms with Crippen molar-refractivity contribution in [2.45, 2.75) is 13.1 Å². The Bertz CT molecular complexity index is 683. The van der Waals surface area contributed by atoms with Crippen LogP contribution in [0.1, 0.15) is 29.0 Å². The number of amides is 1. The second kappa shape index (κ2) is 5.67. The number of hydrogen-bond donors (Lipinski definition) is 1. The van der Waals surface area contributed by atoms with Gasteiger partial charge in [-0.25, -0.2) is 4.98 Å². The smallest absolute Gasteiger partial charge is 0.255 e. The van der Waals surface area contributed by atoms with E-state index in [0.717, 1.165) is 23.6 Å². The molecule has 0 saturated carbocycles. The first kappa shape index (κ1) is 14.4. The highest BCUT2D eigenvalue weighted by Crippen LogP contribution is 2.31. The summed E-state index contributed by atoms with van der Waals surface area (Å²) in [4.78, 5) is 20.9. The van der Waals surface area contributed by atoms with Gasteiger partial charge < -0.3 is 15.1 Å². The summed E-state index contributed by atoms with van der Waals surface area (Å²) in [5.41, 5.74) is 2.61. The lowest BCUT2D eigenvalue weighted by Gasteiger charge is -2.36. The molecule has 2 aromatic rings. The van der Waals surface area contributed by atoms with E-state index in [-0.39, 0.29) is 12.1 Å². The third kappa shape index (κ3) is 2.39. The van der Waals surface area contributed by atoms with Crippen LogP contribution in [0.25, 0.3) is 0 Å². The largest absolute Gasteiger partial charge is 0.360 e. The molecule has 1 N–H and O–H groups in total. The van der Waals surface area contributed by atoms with E-state index in [2.05, 4.69) is 27.0 Å². The summed E-state index contributed by atoms with van der Waals surface area (Å²) >= 11 is 0. The van der Waals surface area contributed by atoms with Crippen molar-refractivity contribution in [1.82, 2.24) is 10.3 Å². The summed E-state index contributed by atoms with van der Waals surface area (Å²) in [6.45, 7) is 2.99. The Morgan fingerprint density at radius 1 is 1.27 bits per heavy atom. The zero-order valence-corrected chi connectivity index (χ0v) is 13.1. The van der Waals surface area contributed by atoms with Crippen molar-refractivity contribution in [3.63, 3.8) is 0 Å². The number of nitrogens with one attached hydrogen (secondary N) is 1. The van der Waals surface area contributed by atoms with Crippen LogP contribution in [0.5, 0.6) is 0 Å². The maximum Gasteiger partial charge on any atom is 0.255 e. The van der Waals surface area contributed by atoms with Crippen LogP contribution in [0.15, 0.2) is 42.6 Å². The molecule has 1 unspecified atom stereocenters. The van der Waals surface area contributed by atoms with Crippen molar-refractivity contribution < 1.29 is 4.79 Å². The SMILES string of the molecule is CCN(C)c1ccc(C2NC(=O)c3ccccc3N2C)cn1. The van der Waals surface area contributed by atoms with Crippen LogP contribution in [-0.4, -0.2) is 31.5 Å². The molecule has 2 heterocycles. The summed E-state index contributed by atoms with van der Waals surface area (Å²) in [7, 11) is 3.99. The van der Waals surface area contributed by atoms with Crippen LogP contribution in [0.4, 0.5) is 11.5 Å². The van der Waals surface area contributed by atoms with Crippen molar-refractivity contribution in [3.05, 3.63) is 53.7 Å². The van der Waals surface area contributed by atoms with Crippen molar-refractivity contribution in [2.24, 2.45) is 0 Å². The number of carbonyl (C=O) groups is 1. The summed E-state index contributed by atoms with van der Waals surface area (Å²) in [6, 6.07) is 11.6. The molecule has 5 heteroatoms. The number of aromatic nitrogens is 1. The summed E-state index contributed by atoms with van der Waals surface area (Å²) < 4.78 is 0. The lowest BCUT2D eigenvalue weighted by atomic mass is 10.1. The quantitative estimate of drug-likeness (QED) is 0.945. The van der Waals surface area contributed by atoms with Gasteiger partial charge in [0, 0.05) is 32.4 Å². The van der Waals surface area contributed by atoms with Gasteiger partial charge in [-0.1, -0.05) is 12.1 Å². The fourth-order valence-corrected chi connectivity index (χ4v) is 2.67. The predicted molar refractivity (Wildman–Crippen MR) is 88.2 cm³/mol. The van der Waals surface area contributed by atoms with E-state index in [1.807, 2.05) is 56.7 Å². The van der Waals surface area contributed by atoms with Gasteiger partial charge >= 0.3 is 0 Å². The highest BCUT2D eigenvalue weighted by molar-refractivity contribution is 6.01. The third-order valence-corrected chi connectivity index (χ3v) is 4.14. The predicted octanol–water partition coefficient (Wildman–Crippen LogP) is 2.42. The lowest BCUT2D eigenvalue weighted by Crippen LogP contribution is -2.44. The first-order chi connectivity index (χ1) is 10.6. The van der Waals surface area contributed by atoms with Gasteiger partial charge in [0.2, 0.25) is 0 Å². The molecule has 1 aliphatic heterocycles. The molecule has 0 saturated heterocycles. The Kier molecular flexibility index (Phi) is 3.71. The Balaban J connectivity index is 1.91. The summed E-state index contributed by atoms with van der Waals surface area (Å²) in [5.74, 6) is 0.880. The fraction of sp³-hybridized carbons (Fsp3) is 0.294. The Morgan fingerprint density at radius 3 is 2.73 bits per heavy atom. The Labute approximate surface area is 130 Å². The maximum atomic E-state index is 12.3. The van der Waals surface area contributed by atoms with Crippen molar-refractivity contribution in [3.8, 4) is 0 Å². The van der Waals surface area contributed by atoms with E-state index in [4.69, 9.17) is 0 Å². The van der Waals surface area contributed by atoms with Gasteiger partial charge in [0.05, 0.1) is 11.3 Å². The molecule has 22 heavy (non-hydrogen) atoms. The molecule has 1 aromatic heterocycles. The first-order valence-corrected chi connectivity index (χ1v) is 7.41. The molecule has 0 radical (unpaired) electrons. The molecule has 114 valence electrons. The average molecular weight is 296 g/mol. The first-order valence-electron chi connectivity index (χ1n) is 7.41. The number of carbonyl (C=O) groups excluding carboxylic acids is 1. The van der Waals surface area contributed by atoms with E-state index >= 15 is 0 Å². The molecule has 1 aromatic carbocycles. The Hall–Kier alpha value is -2.56. The number of para-hydroxylation sites is 1. The number of benzene rings is 1. The molecule has 3 rings (SSSR count). The van der Waals surface area contributed by atoms with E-state index in [9.17, 15) is 4.79 Å². The van der Waals surface area contributed by atoms with Crippen LogP contribution in [0, 0.1) is 0 Å². The monoisotopic (exact) mass is 296 g/mol. The maximum absolute atomic E-state index is 12.3. The second-order valence-corrected chi connectivity index (χ2v) is 5.47. The molecule has 0 spiro atoms. The summed E-state index contributed by atoms with van der Waals surface area (Å²) in [5, 5.41) is 3.03. The van der Waals surface area contributed by atoms with Gasteiger partial charge in [0.25, 0.3) is 5.91 Å². The number of pyridine rings is 1. The lowest BCUT2D eigenvalue weighted by molar-refractivity contribution is 0.0928. The zero-order chi connectivity index (χ0) is 15.7. The van der Waals surface area contributed by atoms with Crippen LogP contribution in [0.2, 0.25) is 0 Å². The van der Waals surface area contributed by atoms with Gasteiger partial charge in [0.1, 0.15) is 12.0 Å². The highest BCUT2D eigenvalue weighted by Gasteiger charge is 2.29. The second-order valence-electron chi connectivity index (χ2n) is 5.47. The van der Waals surface area contributed by atoms with E-state index < -0.39 is 0 Å². The molecule has 0 bridgehead atoms. The minimum absolute atomic E-state index is 0.0477. The van der Waals surface area contributed by atoms with Crippen LogP contribution in [0.3, 0.4) is 0 Å². The van der Waals surface area contributed by atoms with Crippen molar-refractivity contribution >= 4 is 17.4 Å². The van der Waals surface area contributed by atoms with Crippen molar-refractivity contribution in [2.75, 3.05) is 30.4 Å². The molecule has 5 nitrogen and oxygen atoms in total. The number of rotatable bonds is 3. The molecule has 1 aliphatic rings. The van der Waals surface area contributed by atoms with Crippen LogP contribution in [-0.2, 0) is 0 Å². The molecule has 0 fully saturated rings. The normalized spacial score (nSPS) is 17.0.